The van der Waals surface area contributed by atoms with Crippen molar-refractivity contribution in [3.05, 3.63) is 29.3 Å². The predicted octanol–water partition coefficient (Wildman–Crippen LogP) is 2.63. The van der Waals surface area contributed by atoms with Gasteiger partial charge in [0.1, 0.15) is 6.61 Å². The zero-order valence-corrected chi connectivity index (χ0v) is 9.31. The number of hydrogen-bond acceptors (Lipinski definition) is 3. The highest BCUT2D eigenvalue weighted by atomic mass is 35.5. The van der Waals surface area contributed by atoms with Crippen LogP contribution in [0.2, 0.25) is 5.02 Å². The SMILES string of the molecule is O=C(NNc1ccc(Cl)cc1)OCCCl. The van der Waals surface area contributed by atoms with E-state index in [1.54, 1.807) is 24.3 Å². The molecule has 6 heteroatoms. The maximum atomic E-state index is 11.0. The van der Waals surface area contributed by atoms with Gasteiger partial charge in [-0.05, 0) is 24.3 Å². The Balaban J connectivity index is 2.30. The van der Waals surface area contributed by atoms with E-state index in [0.29, 0.717) is 10.7 Å². The van der Waals surface area contributed by atoms with Crippen molar-refractivity contribution in [2.75, 3.05) is 17.9 Å². The minimum atomic E-state index is -0.578. The first-order valence-corrected chi connectivity index (χ1v) is 5.14. The Bertz CT molecular complexity index is 316. The van der Waals surface area contributed by atoms with Crippen LogP contribution in [0.5, 0.6) is 0 Å². The summed E-state index contributed by atoms with van der Waals surface area (Å²) in [5.41, 5.74) is 5.70. The highest BCUT2D eigenvalue weighted by Crippen LogP contribution is 2.12. The smallest absolute Gasteiger partial charge is 0.425 e. The summed E-state index contributed by atoms with van der Waals surface area (Å²) in [6.45, 7) is 0.176. The average Bonchev–Trinajstić information content (AvgIpc) is 2.25. The third-order valence-corrected chi connectivity index (χ3v) is 1.87. The van der Waals surface area contributed by atoms with Crippen molar-refractivity contribution >= 4 is 35.0 Å². The van der Waals surface area contributed by atoms with Gasteiger partial charge in [0.05, 0.1) is 11.6 Å². The number of alkyl halides is 1. The van der Waals surface area contributed by atoms with E-state index in [-0.39, 0.29) is 12.5 Å². The van der Waals surface area contributed by atoms with Crippen LogP contribution < -0.4 is 10.9 Å². The number of nitrogens with one attached hydrogen (secondary N) is 2. The Hall–Kier alpha value is -1.13. The standard InChI is InChI=1S/C9H10Cl2N2O2/c10-5-6-15-9(14)13-12-8-3-1-7(11)2-4-8/h1-4,12H,5-6H2,(H,13,14). The number of ether oxygens (including phenoxy) is 1. The molecule has 0 unspecified atom stereocenters. The van der Waals surface area contributed by atoms with Gasteiger partial charge in [-0.2, -0.15) is 0 Å². The minimum absolute atomic E-state index is 0.176. The van der Waals surface area contributed by atoms with Gasteiger partial charge in [-0.1, -0.05) is 11.6 Å². The molecule has 0 radical (unpaired) electrons. The molecule has 0 aliphatic rings. The van der Waals surface area contributed by atoms with Crippen LogP contribution >= 0.6 is 23.2 Å². The van der Waals surface area contributed by atoms with E-state index in [1.807, 2.05) is 0 Å². The fourth-order valence-electron chi connectivity index (χ4n) is 0.824. The molecule has 0 aromatic heterocycles. The molecule has 0 heterocycles. The average molecular weight is 249 g/mol. The Morgan fingerprint density at radius 1 is 1.33 bits per heavy atom. The Morgan fingerprint density at radius 3 is 2.60 bits per heavy atom. The molecule has 15 heavy (non-hydrogen) atoms. The summed E-state index contributed by atoms with van der Waals surface area (Å²) in [5, 5.41) is 0.630. The second kappa shape index (κ2) is 6.37. The fourth-order valence-corrected chi connectivity index (χ4v) is 1.03. The number of rotatable bonds is 4. The van der Waals surface area contributed by atoms with E-state index in [4.69, 9.17) is 23.2 Å². The Morgan fingerprint density at radius 2 is 2.00 bits per heavy atom. The number of amides is 1. The molecule has 0 saturated carbocycles. The van der Waals surface area contributed by atoms with E-state index in [0.717, 1.165) is 0 Å². The van der Waals surface area contributed by atoms with E-state index in [1.165, 1.54) is 0 Å². The van der Waals surface area contributed by atoms with Crippen molar-refractivity contribution in [1.82, 2.24) is 5.43 Å². The number of anilines is 1. The summed E-state index contributed by atoms with van der Waals surface area (Å²) in [6, 6.07) is 6.86. The van der Waals surface area contributed by atoms with Crippen molar-refractivity contribution in [3.63, 3.8) is 0 Å². The highest BCUT2D eigenvalue weighted by molar-refractivity contribution is 6.30. The largest absolute Gasteiger partial charge is 0.447 e. The first-order valence-electron chi connectivity index (χ1n) is 4.22. The summed E-state index contributed by atoms with van der Waals surface area (Å²) < 4.78 is 4.67. The second-order valence-corrected chi connectivity index (χ2v) is 3.40. The molecule has 0 aliphatic heterocycles. The van der Waals surface area contributed by atoms with Gasteiger partial charge in [-0.3, -0.25) is 5.43 Å². The first-order chi connectivity index (χ1) is 7.22. The topological polar surface area (TPSA) is 50.4 Å². The Kier molecular flexibility index (Phi) is 5.07. The number of carbonyl (C=O) groups is 1. The Labute approximate surface area is 97.5 Å². The first kappa shape index (κ1) is 11.9. The molecule has 0 saturated heterocycles. The van der Waals surface area contributed by atoms with Crippen molar-refractivity contribution < 1.29 is 9.53 Å². The predicted molar refractivity (Wildman–Crippen MR) is 60.3 cm³/mol. The molecule has 2 N–H and O–H groups in total. The van der Waals surface area contributed by atoms with Gasteiger partial charge >= 0.3 is 6.09 Å². The van der Waals surface area contributed by atoms with Crippen LogP contribution in [0.4, 0.5) is 10.5 Å². The molecule has 0 atom stereocenters. The van der Waals surface area contributed by atoms with E-state index in [2.05, 4.69) is 15.6 Å². The normalized spacial score (nSPS) is 9.47. The molecular formula is C9H10Cl2N2O2. The van der Waals surface area contributed by atoms with Crippen LogP contribution in [0.25, 0.3) is 0 Å². The lowest BCUT2D eigenvalue weighted by molar-refractivity contribution is 0.155. The number of hydrazine groups is 1. The number of hydrogen-bond donors (Lipinski definition) is 2. The van der Waals surface area contributed by atoms with Crippen molar-refractivity contribution in [3.8, 4) is 0 Å². The highest BCUT2D eigenvalue weighted by Gasteiger charge is 1.99. The lowest BCUT2D eigenvalue weighted by Gasteiger charge is -2.08. The van der Waals surface area contributed by atoms with Gasteiger partial charge in [-0.15, -0.1) is 11.6 Å². The van der Waals surface area contributed by atoms with Crippen LogP contribution in [-0.4, -0.2) is 18.6 Å². The van der Waals surface area contributed by atoms with Gasteiger partial charge in [0, 0.05) is 5.02 Å². The quantitative estimate of drug-likeness (QED) is 0.637. The summed E-state index contributed by atoms with van der Waals surface area (Å²) in [4.78, 5) is 11.0. The number of halogens is 2. The molecule has 82 valence electrons. The van der Waals surface area contributed by atoms with Crippen molar-refractivity contribution in [1.29, 1.82) is 0 Å². The zero-order chi connectivity index (χ0) is 11.1. The minimum Gasteiger partial charge on any atom is -0.447 e. The summed E-state index contributed by atoms with van der Waals surface area (Å²) in [5.74, 6) is 0.272. The van der Waals surface area contributed by atoms with Gasteiger partial charge in [0.25, 0.3) is 0 Å². The van der Waals surface area contributed by atoms with Gasteiger partial charge in [-0.25, -0.2) is 10.2 Å². The summed E-state index contributed by atoms with van der Waals surface area (Å²) in [6.07, 6.45) is -0.578. The van der Waals surface area contributed by atoms with Gasteiger partial charge in [0.2, 0.25) is 0 Å². The third kappa shape index (κ3) is 4.76. The van der Waals surface area contributed by atoms with Crippen LogP contribution in [0, 0.1) is 0 Å². The van der Waals surface area contributed by atoms with E-state index < -0.39 is 6.09 Å². The lowest BCUT2D eigenvalue weighted by atomic mass is 10.3. The number of benzene rings is 1. The fraction of sp³-hybridized carbons (Fsp3) is 0.222. The van der Waals surface area contributed by atoms with Crippen LogP contribution in [0.3, 0.4) is 0 Å². The second-order valence-electron chi connectivity index (χ2n) is 2.58. The van der Waals surface area contributed by atoms with Gasteiger partial charge in [0.15, 0.2) is 0 Å². The summed E-state index contributed by atoms with van der Waals surface area (Å²) in [7, 11) is 0. The maximum absolute atomic E-state index is 11.0. The van der Waals surface area contributed by atoms with Gasteiger partial charge < -0.3 is 4.74 Å². The van der Waals surface area contributed by atoms with E-state index >= 15 is 0 Å². The lowest BCUT2D eigenvalue weighted by Crippen LogP contribution is -2.30. The van der Waals surface area contributed by atoms with E-state index in [9.17, 15) is 4.79 Å². The summed E-state index contributed by atoms with van der Waals surface area (Å²) >= 11 is 11.0. The number of carbonyl (C=O) groups excluding carboxylic acids is 1. The molecule has 1 amide bonds. The molecule has 1 aromatic rings. The van der Waals surface area contributed by atoms with Crippen LogP contribution in [-0.2, 0) is 4.74 Å². The molecule has 0 bridgehead atoms. The van der Waals surface area contributed by atoms with Crippen molar-refractivity contribution in [2.45, 2.75) is 0 Å². The molecule has 0 aliphatic carbocycles. The maximum Gasteiger partial charge on any atom is 0.425 e. The monoisotopic (exact) mass is 248 g/mol. The van der Waals surface area contributed by atoms with Crippen molar-refractivity contribution in [2.24, 2.45) is 0 Å². The molecule has 1 rings (SSSR count). The van der Waals surface area contributed by atoms with Crippen LogP contribution in [0.15, 0.2) is 24.3 Å². The third-order valence-electron chi connectivity index (χ3n) is 1.46. The van der Waals surface area contributed by atoms with Crippen LogP contribution in [0.1, 0.15) is 0 Å². The molecular weight excluding hydrogens is 239 g/mol. The molecule has 4 nitrogen and oxygen atoms in total. The molecule has 0 fully saturated rings. The zero-order valence-electron chi connectivity index (χ0n) is 7.80. The molecule has 0 spiro atoms. The molecule has 1 aromatic carbocycles.